The number of hydrogen-bond donors (Lipinski definition) is 1. The van der Waals surface area contributed by atoms with Crippen molar-refractivity contribution in [2.75, 3.05) is 18.4 Å². The molecule has 0 atom stereocenters. The molecule has 0 aliphatic carbocycles. The molecule has 0 aliphatic rings. The lowest BCUT2D eigenvalue weighted by Crippen LogP contribution is -2.30. The van der Waals surface area contributed by atoms with Crippen molar-refractivity contribution in [1.29, 1.82) is 0 Å². The molecule has 2 rings (SSSR count). The van der Waals surface area contributed by atoms with E-state index in [9.17, 15) is 9.59 Å². The summed E-state index contributed by atoms with van der Waals surface area (Å²) in [4.78, 5) is 29.9. The highest BCUT2D eigenvalue weighted by Gasteiger charge is 2.12. The van der Waals surface area contributed by atoms with Crippen molar-refractivity contribution in [3.05, 3.63) is 58.9 Å². The normalized spacial score (nSPS) is 10.2. The quantitative estimate of drug-likeness (QED) is 0.853. The Hall–Kier alpha value is -2.40. The molecule has 0 bridgehead atoms. The van der Waals surface area contributed by atoms with Crippen LogP contribution in [0.2, 0.25) is 5.15 Å². The molecule has 0 fully saturated rings. The van der Waals surface area contributed by atoms with Crippen LogP contribution in [-0.2, 0) is 0 Å². The number of hydrogen-bond acceptors (Lipinski definition) is 3. The molecule has 1 N–H and O–H groups in total. The molecule has 0 aliphatic heterocycles. The number of aromatic nitrogens is 1. The average molecular weight is 332 g/mol. The topological polar surface area (TPSA) is 62.3 Å². The third kappa shape index (κ3) is 4.29. The molecule has 0 radical (unpaired) electrons. The van der Waals surface area contributed by atoms with Gasteiger partial charge in [-0.3, -0.25) is 9.59 Å². The summed E-state index contributed by atoms with van der Waals surface area (Å²) in [6.45, 7) is 5.21. The zero-order valence-electron chi connectivity index (χ0n) is 13.0. The van der Waals surface area contributed by atoms with Crippen molar-refractivity contribution < 1.29 is 9.59 Å². The summed E-state index contributed by atoms with van der Waals surface area (Å²) in [7, 11) is 0. The number of carbonyl (C=O) groups is 2. The van der Waals surface area contributed by atoms with Gasteiger partial charge in [-0.2, -0.15) is 0 Å². The highest BCUT2D eigenvalue weighted by molar-refractivity contribution is 6.29. The van der Waals surface area contributed by atoms with Crippen molar-refractivity contribution in [3.8, 4) is 0 Å². The lowest BCUT2D eigenvalue weighted by atomic mass is 10.1. The molecule has 5 nitrogen and oxygen atoms in total. The fourth-order valence-corrected chi connectivity index (χ4v) is 2.21. The Kier molecular flexibility index (Phi) is 5.71. The van der Waals surface area contributed by atoms with E-state index in [1.165, 1.54) is 6.20 Å². The van der Waals surface area contributed by atoms with E-state index in [2.05, 4.69) is 10.3 Å². The SMILES string of the molecule is CCN(CC)C(=O)c1ccc(NC(=O)c2ccc(Cl)nc2)cc1. The van der Waals surface area contributed by atoms with Crippen molar-refractivity contribution >= 4 is 29.1 Å². The number of pyridine rings is 1. The van der Waals surface area contributed by atoms with E-state index >= 15 is 0 Å². The monoisotopic (exact) mass is 331 g/mol. The van der Waals surface area contributed by atoms with Crippen molar-refractivity contribution in [1.82, 2.24) is 9.88 Å². The molecule has 0 unspecified atom stereocenters. The zero-order valence-corrected chi connectivity index (χ0v) is 13.8. The number of carbonyl (C=O) groups excluding carboxylic acids is 2. The van der Waals surface area contributed by atoms with Gasteiger partial charge in [-0.15, -0.1) is 0 Å². The zero-order chi connectivity index (χ0) is 16.8. The van der Waals surface area contributed by atoms with Gasteiger partial charge in [-0.05, 0) is 50.2 Å². The Morgan fingerprint density at radius 1 is 1.04 bits per heavy atom. The van der Waals surface area contributed by atoms with Gasteiger partial charge < -0.3 is 10.2 Å². The Morgan fingerprint density at radius 2 is 1.65 bits per heavy atom. The molecule has 2 aromatic rings. The molecule has 120 valence electrons. The number of nitrogens with zero attached hydrogens (tertiary/aromatic N) is 2. The fourth-order valence-electron chi connectivity index (χ4n) is 2.10. The van der Waals surface area contributed by atoms with Crippen molar-refractivity contribution in [2.24, 2.45) is 0 Å². The number of benzene rings is 1. The summed E-state index contributed by atoms with van der Waals surface area (Å²) < 4.78 is 0. The maximum Gasteiger partial charge on any atom is 0.257 e. The van der Waals surface area contributed by atoms with E-state index in [0.29, 0.717) is 35.1 Å². The molecule has 0 saturated carbocycles. The van der Waals surface area contributed by atoms with Gasteiger partial charge in [0.25, 0.3) is 11.8 Å². The van der Waals surface area contributed by atoms with Gasteiger partial charge in [0.2, 0.25) is 0 Å². The second kappa shape index (κ2) is 7.74. The summed E-state index contributed by atoms with van der Waals surface area (Å²) in [6.07, 6.45) is 1.41. The van der Waals surface area contributed by atoms with E-state index in [1.54, 1.807) is 41.3 Å². The first-order chi connectivity index (χ1) is 11.0. The van der Waals surface area contributed by atoms with Crippen molar-refractivity contribution in [2.45, 2.75) is 13.8 Å². The highest BCUT2D eigenvalue weighted by atomic mass is 35.5. The van der Waals surface area contributed by atoms with E-state index in [4.69, 9.17) is 11.6 Å². The lowest BCUT2D eigenvalue weighted by molar-refractivity contribution is 0.0773. The molecular formula is C17H18ClN3O2. The Bertz CT molecular complexity index is 680. The largest absolute Gasteiger partial charge is 0.339 e. The van der Waals surface area contributed by atoms with Crippen LogP contribution in [-0.4, -0.2) is 34.8 Å². The third-order valence-corrected chi connectivity index (χ3v) is 3.65. The van der Waals surface area contributed by atoms with E-state index in [1.807, 2.05) is 13.8 Å². The smallest absolute Gasteiger partial charge is 0.257 e. The van der Waals surface area contributed by atoms with Crippen molar-refractivity contribution in [3.63, 3.8) is 0 Å². The maximum absolute atomic E-state index is 12.2. The van der Waals surface area contributed by atoms with Gasteiger partial charge in [-0.25, -0.2) is 4.98 Å². The van der Waals surface area contributed by atoms with Crippen LogP contribution >= 0.6 is 11.6 Å². The predicted octanol–water partition coefficient (Wildman–Crippen LogP) is 3.47. The predicted molar refractivity (Wildman–Crippen MR) is 90.9 cm³/mol. The molecule has 23 heavy (non-hydrogen) atoms. The minimum Gasteiger partial charge on any atom is -0.339 e. The second-order valence-corrected chi connectivity index (χ2v) is 5.27. The van der Waals surface area contributed by atoms with Gasteiger partial charge in [0.15, 0.2) is 0 Å². The molecule has 0 saturated heterocycles. The van der Waals surface area contributed by atoms with E-state index < -0.39 is 0 Å². The van der Waals surface area contributed by atoms with Gasteiger partial charge >= 0.3 is 0 Å². The van der Waals surface area contributed by atoms with Crippen LogP contribution < -0.4 is 5.32 Å². The van der Waals surface area contributed by atoms with Gasteiger partial charge in [0.05, 0.1) is 5.56 Å². The fraction of sp³-hybridized carbons (Fsp3) is 0.235. The average Bonchev–Trinajstić information content (AvgIpc) is 2.57. The molecule has 1 heterocycles. The van der Waals surface area contributed by atoms with Crippen LogP contribution in [0.5, 0.6) is 0 Å². The minimum absolute atomic E-state index is 0.0187. The summed E-state index contributed by atoms with van der Waals surface area (Å²) >= 11 is 5.69. The molecule has 0 spiro atoms. The van der Waals surface area contributed by atoms with Gasteiger partial charge in [-0.1, -0.05) is 11.6 Å². The molecule has 1 aromatic carbocycles. The van der Waals surface area contributed by atoms with Crippen LogP contribution in [0.15, 0.2) is 42.6 Å². The molecule has 6 heteroatoms. The van der Waals surface area contributed by atoms with E-state index in [-0.39, 0.29) is 11.8 Å². The number of amides is 2. The Balaban J connectivity index is 2.06. The Morgan fingerprint density at radius 3 is 2.17 bits per heavy atom. The van der Waals surface area contributed by atoms with Gasteiger partial charge in [0.1, 0.15) is 5.15 Å². The summed E-state index contributed by atoms with van der Waals surface area (Å²) in [6, 6.07) is 9.98. The first kappa shape index (κ1) is 17.0. The van der Waals surface area contributed by atoms with Crippen LogP contribution in [0.3, 0.4) is 0 Å². The standard InChI is InChI=1S/C17H18ClN3O2/c1-3-21(4-2)17(23)12-5-8-14(9-6-12)20-16(22)13-7-10-15(18)19-11-13/h5-11H,3-4H2,1-2H3,(H,20,22). The molecular weight excluding hydrogens is 314 g/mol. The lowest BCUT2D eigenvalue weighted by Gasteiger charge is -2.18. The maximum atomic E-state index is 12.2. The number of nitrogens with one attached hydrogen (secondary N) is 1. The summed E-state index contributed by atoms with van der Waals surface area (Å²) in [5.74, 6) is -0.299. The molecule has 1 aromatic heterocycles. The third-order valence-electron chi connectivity index (χ3n) is 3.43. The number of halogens is 1. The first-order valence-corrected chi connectivity index (χ1v) is 7.75. The van der Waals surface area contributed by atoms with Gasteiger partial charge in [0, 0.05) is 30.5 Å². The Labute approximate surface area is 140 Å². The molecule has 2 amide bonds. The van der Waals surface area contributed by atoms with E-state index in [0.717, 1.165) is 0 Å². The minimum atomic E-state index is -0.281. The van der Waals surface area contributed by atoms with Crippen LogP contribution in [0.25, 0.3) is 0 Å². The highest BCUT2D eigenvalue weighted by Crippen LogP contribution is 2.13. The summed E-state index contributed by atoms with van der Waals surface area (Å²) in [5, 5.41) is 3.09. The van der Waals surface area contributed by atoms with Crippen LogP contribution in [0, 0.1) is 0 Å². The van der Waals surface area contributed by atoms with Crippen LogP contribution in [0.4, 0.5) is 5.69 Å². The number of rotatable bonds is 5. The number of anilines is 1. The summed E-state index contributed by atoms with van der Waals surface area (Å²) in [5.41, 5.74) is 1.62. The first-order valence-electron chi connectivity index (χ1n) is 7.37. The second-order valence-electron chi connectivity index (χ2n) is 4.88. The van der Waals surface area contributed by atoms with Crippen LogP contribution in [0.1, 0.15) is 34.6 Å².